The second-order valence-corrected chi connectivity index (χ2v) is 4.30. The van der Waals surface area contributed by atoms with Crippen molar-refractivity contribution >= 4 is 0 Å². The molecule has 2 heterocycles. The van der Waals surface area contributed by atoms with Gasteiger partial charge in [-0.05, 0) is 13.8 Å². The van der Waals surface area contributed by atoms with Crippen molar-refractivity contribution in [1.29, 1.82) is 0 Å². The van der Waals surface area contributed by atoms with Crippen LogP contribution in [0.3, 0.4) is 0 Å². The molecular weight excluding hydrogens is 178 g/mol. The molecular formula is C10H17N3O. The number of aromatic amines is 1. The molecule has 0 radical (unpaired) electrons. The Bertz CT molecular complexity index is 389. The van der Waals surface area contributed by atoms with E-state index in [9.17, 15) is 4.79 Å². The summed E-state index contributed by atoms with van der Waals surface area (Å²) in [6.45, 7) is 7.95. The van der Waals surface area contributed by atoms with Gasteiger partial charge in [0.15, 0.2) is 0 Å². The molecule has 4 heteroatoms. The number of hydrogen-bond acceptors (Lipinski definition) is 2. The van der Waals surface area contributed by atoms with Crippen LogP contribution in [0.5, 0.6) is 0 Å². The lowest BCUT2D eigenvalue weighted by molar-refractivity contribution is 0.473. The Morgan fingerprint density at radius 2 is 2.21 bits per heavy atom. The van der Waals surface area contributed by atoms with E-state index in [1.807, 2.05) is 4.68 Å². The summed E-state index contributed by atoms with van der Waals surface area (Å²) >= 11 is 0. The number of hydrogen-bond donors (Lipinski definition) is 2. The van der Waals surface area contributed by atoms with E-state index in [2.05, 4.69) is 31.2 Å². The minimum atomic E-state index is 0.0858. The van der Waals surface area contributed by atoms with Crippen LogP contribution in [-0.2, 0) is 6.54 Å². The Kier molecular flexibility index (Phi) is 2.23. The molecule has 2 N–H and O–H groups in total. The average molecular weight is 195 g/mol. The van der Waals surface area contributed by atoms with Crippen molar-refractivity contribution in [3.05, 3.63) is 21.6 Å². The number of H-pyrrole nitrogens is 1. The summed E-state index contributed by atoms with van der Waals surface area (Å²) in [5, 5.41) is 6.23. The molecule has 1 aromatic heterocycles. The number of aromatic nitrogens is 2. The van der Waals surface area contributed by atoms with Gasteiger partial charge in [0.25, 0.3) is 5.56 Å². The lowest BCUT2D eigenvalue weighted by Gasteiger charge is -2.21. The minimum Gasteiger partial charge on any atom is -0.311 e. The van der Waals surface area contributed by atoms with Gasteiger partial charge in [-0.1, -0.05) is 6.92 Å². The van der Waals surface area contributed by atoms with Crippen molar-refractivity contribution in [2.24, 2.45) is 0 Å². The zero-order valence-corrected chi connectivity index (χ0v) is 8.92. The van der Waals surface area contributed by atoms with Crippen LogP contribution in [0.25, 0.3) is 0 Å². The average Bonchev–Trinajstić information content (AvgIpc) is 2.45. The third kappa shape index (κ3) is 1.30. The molecule has 1 aliphatic rings. The highest BCUT2D eigenvalue weighted by atomic mass is 16.1. The van der Waals surface area contributed by atoms with Gasteiger partial charge in [-0.15, -0.1) is 0 Å². The molecule has 0 spiro atoms. The molecule has 0 saturated heterocycles. The molecule has 4 nitrogen and oxygen atoms in total. The highest BCUT2D eigenvalue weighted by Gasteiger charge is 2.24. The first-order chi connectivity index (χ1) is 6.61. The molecule has 0 saturated carbocycles. The topological polar surface area (TPSA) is 49.8 Å². The molecule has 2 rings (SSSR count). The number of nitrogens with one attached hydrogen (secondary N) is 2. The van der Waals surface area contributed by atoms with Crippen molar-refractivity contribution in [2.45, 2.75) is 39.3 Å². The summed E-state index contributed by atoms with van der Waals surface area (Å²) in [7, 11) is 0. The Morgan fingerprint density at radius 3 is 2.86 bits per heavy atom. The van der Waals surface area contributed by atoms with Crippen LogP contribution in [0.1, 0.15) is 44.0 Å². The Hall–Kier alpha value is -1.03. The van der Waals surface area contributed by atoms with Crippen LogP contribution >= 0.6 is 0 Å². The molecule has 14 heavy (non-hydrogen) atoms. The Labute approximate surface area is 83.3 Å². The maximum atomic E-state index is 11.7. The van der Waals surface area contributed by atoms with Gasteiger partial charge in [0, 0.05) is 30.6 Å². The molecule has 78 valence electrons. The smallest absolute Gasteiger partial charge is 0.267 e. The zero-order valence-electron chi connectivity index (χ0n) is 8.92. The molecule has 0 fully saturated rings. The Balaban J connectivity index is 2.58. The molecule has 1 unspecified atom stereocenters. The fraction of sp³-hybridized carbons (Fsp3) is 0.700. The first kappa shape index (κ1) is 9.52. The fourth-order valence-electron chi connectivity index (χ4n) is 2.14. The summed E-state index contributed by atoms with van der Waals surface area (Å²) in [6.07, 6.45) is 0. The summed E-state index contributed by atoms with van der Waals surface area (Å²) < 4.78 is 1.97. The first-order valence-corrected chi connectivity index (χ1v) is 5.15. The molecule has 1 aliphatic heterocycles. The predicted molar refractivity (Wildman–Crippen MR) is 55.6 cm³/mol. The van der Waals surface area contributed by atoms with E-state index in [0.717, 1.165) is 24.3 Å². The van der Waals surface area contributed by atoms with Gasteiger partial charge in [0.1, 0.15) is 0 Å². The maximum Gasteiger partial charge on any atom is 0.267 e. The summed E-state index contributed by atoms with van der Waals surface area (Å²) in [5.74, 6) is 0.322. The van der Waals surface area contributed by atoms with Crippen LogP contribution in [0.15, 0.2) is 4.79 Å². The van der Waals surface area contributed by atoms with E-state index < -0.39 is 0 Å². The number of nitrogens with zero attached hydrogens (tertiary/aromatic N) is 1. The van der Waals surface area contributed by atoms with Crippen molar-refractivity contribution in [3.8, 4) is 0 Å². The van der Waals surface area contributed by atoms with E-state index in [1.165, 1.54) is 0 Å². The van der Waals surface area contributed by atoms with Crippen molar-refractivity contribution in [1.82, 2.24) is 15.1 Å². The van der Waals surface area contributed by atoms with Gasteiger partial charge in [-0.3, -0.25) is 14.6 Å². The molecule has 0 amide bonds. The number of rotatable bonds is 1. The maximum absolute atomic E-state index is 11.7. The second-order valence-electron chi connectivity index (χ2n) is 4.30. The molecule has 0 aromatic carbocycles. The normalized spacial score (nSPS) is 21.3. The van der Waals surface area contributed by atoms with Crippen LogP contribution in [0.4, 0.5) is 0 Å². The fourth-order valence-corrected chi connectivity index (χ4v) is 2.14. The van der Waals surface area contributed by atoms with Gasteiger partial charge in [-0.2, -0.15) is 0 Å². The molecule has 0 bridgehead atoms. The summed E-state index contributed by atoms with van der Waals surface area (Å²) in [6, 6.07) is 0.318. The first-order valence-electron chi connectivity index (χ1n) is 5.15. The Morgan fingerprint density at radius 1 is 1.50 bits per heavy atom. The van der Waals surface area contributed by atoms with E-state index >= 15 is 0 Å². The van der Waals surface area contributed by atoms with Gasteiger partial charge in [-0.25, -0.2) is 0 Å². The monoisotopic (exact) mass is 195 g/mol. The predicted octanol–water partition coefficient (Wildman–Crippen LogP) is 0.964. The largest absolute Gasteiger partial charge is 0.311 e. The van der Waals surface area contributed by atoms with Crippen molar-refractivity contribution in [2.75, 3.05) is 6.54 Å². The summed E-state index contributed by atoms with van der Waals surface area (Å²) in [4.78, 5) is 11.7. The highest BCUT2D eigenvalue weighted by Crippen LogP contribution is 2.21. The molecule has 0 aliphatic carbocycles. The van der Waals surface area contributed by atoms with Crippen LogP contribution in [0, 0.1) is 0 Å². The van der Waals surface area contributed by atoms with Crippen LogP contribution in [-0.4, -0.2) is 16.3 Å². The standard InChI is InChI=1S/C10H17N3O/c1-6(2)13-8-5-11-4-7(3)9(8)10(14)12-13/h6-7,11H,4-5H2,1-3H3,(H,12,14). The highest BCUT2D eigenvalue weighted by molar-refractivity contribution is 5.25. The SMILES string of the molecule is CC1CNCc2c1c(=O)[nH]n2C(C)C. The summed E-state index contributed by atoms with van der Waals surface area (Å²) in [5.41, 5.74) is 2.18. The minimum absolute atomic E-state index is 0.0858. The third-order valence-electron chi connectivity index (χ3n) is 2.82. The quantitative estimate of drug-likeness (QED) is 0.701. The second kappa shape index (κ2) is 3.28. The third-order valence-corrected chi connectivity index (χ3v) is 2.82. The van der Waals surface area contributed by atoms with Gasteiger partial charge in [0.2, 0.25) is 0 Å². The zero-order chi connectivity index (χ0) is 10.3. The van der Waals surface area contributed by atoms with Gasteiger partial charge >= 0.3 is 0 Å². The van der Waals surface area contributed by atoms with E-state index in [4.69, 9.17) is 0 Å². The van der Waals surface area contributed by atoms with E-state index in [1.54, 1.807) is 0 Å². The van der Waals surface area contributed by atoms with Gasteiger partial charge in [0.05, 0.1) is 5.69 Å². The molecule has 1 atom stereocenters. The van der Waals surface area contributed by atoms with Gasteiger partial charge < -0.3 is 5.32 Å². The van der Waals surface area contributed by atoms with Crippen LogP contribution < -0.4 is 10.9 Å². The molecule has 1 aromatic rings. The van der Waals surface area contributed by atoms with E-state index in [-0.39, 0.29) is 5.56 Å². The lowest BCUT2D eigenvalue weighted by atomic mass is 9.98. The van der Waals surface area contributed by atoms with Crippen molar-refractivity contribution < 1.29 is 0 Å². The number of fused-ring (bicyclic) bond motifs is 1. The van der Waals surface area contributed by atoms with E-state index in [0.29, 0.717) is 12.0 Å². The lowest BCUT2D eigenvalue weighted by Crippen LogP contribution is -2.30. The van der Waals surface area contributed by atoms with Crippen molar-refractivity contribution in [3.63, 3.8) is 0 Å². The van der Waals surface area contributed by atoms with Crippen LogP contribution in [0.2, 0.25) is 0 Å².